The molecule has 0 bridgehead atoms. The van der Waals surface area contributed by atoms with E-state index in [1.54, 1.807) is 0 Å². The zero-order valence-electron chi connectivity index (χ0n) is 14.5. The zero-order chi connectivity index (χ0) is 17.6. The third-order valence-corrected chi connectivity index (χ3v) is 5.80. The molecule has 0 aromatic heterocycles. The second-order valence-electron chi connectivity index (χ2n) is 7.03. The first-order chi connectivity index (χ1) is 12.1. The molecule has 2 fully saturated rings. The summed E-state index contributed by atoms with van der Waals surface area (Å²) in [5.41, 5.74) is 0.744. The second-order valence-corrected chi connectivity index (χ2v) is 8.28. The number of carbonyl (C=O) groups excluding carboxylic acids is 2. The third-order valence-electron chi connectivity index (χ3n) is 5.13. The minimum absolute atomic E-state index is 0.0470. The lowest BCUT2D eigenvalue weighted by molar-refractivity contribution is 0.0708. The van der Waals surface area contributed by atoms with Gasteiger partial charge in [0.05, 0.1) is 0 Å². The summed E-state index contributed by atoms with van der Waals surface area (Å²) in [7, 11) is 0. The van der Waals surface area contributed by atoms with Crippen LogP contribution in [0.1, 0.15) is 55.3 Å². The average Bonchev–Trinajstić information content (AvgIpc) is 2.62. The molecule has 5 nitrogen and oxygen atoms in total. The maximum atomic E-state index is 12.6. The predicted molar refractivity (Wildman–Crippen MR) is 107 cm³/mol. The zero-order valence-corrected chi connectivity index (χ0v) is 16.6. The van der Waals surface area contributed by atoms with Crippen molar-refractivity contribution in [3.8, 4) is 0 Å². The van der Waals surface area contributed by atoms with Crippen LogP contribution >= 0.6 is 22.6 Å². The Morgan fingerprint density at radius 1 is 0.960 bits per heavy atom. The Kier molecular flexibility index (Phi) is 6.56. The van der Waals surface area contributed by atoms with E-state index in [9.17, 15) is 9.59 Å². The van der Waals surface area contributed by atoms with Crippen molar-refractivity contribution in [2.45, 2.75) is 57.0 Å². The van der Waals surface area contributed by atoms with Crippen LogP contribution in [-0.2, 0) is 0 Å². The molecule has 0 atom stereocenters. The fourth-order valence-electron chi connectivity index (χ4n) is 3.69. The highest BCUT2D eigenvalue weighted by Gasteiger charge is 2.25. The van der Waals surface area contributed by atoms with Crippen LogP contribution in [0, 0.1) is 3.57 Å². The van der Waals surface area contributed by atoms with Gasteiger partial charge in [-0.3, -0.25) is 4.79 Å². The second kappa shape index (κ2) is 8.87. The lowest BCUT2D eigenvalue weighted by atomic mass is 9.96. The number of piperidine rings is 1. The van der Waals surface area contributed by atoms with Gasteiger partial charge in [-0.1, -0.05) is 25.3 Å². The van der Waals surface area contributed by atoms with Crippen molar-refractivity contribution in [3.05, 3.63) is 33.4 Å². The van der Waals surface area contributed by atoms with E-state index >= 15 is 0 Å². The van der Waals surface area contributed by atoms with Crippen LogP contribution in [0.4, 0.5) is 4.79 Å². The molecule has 1 aliphatic carbocycles. The first-order valence-corrected chi connectivity index (χ1v) is 10.3. The maximum absolute atomic E-state index is 12.6. The first-order valence-electron chi connectivity index (χ1n) is 9.24. The Hall–Kier alpha value is -1.31. The van der Waals surface area contributed by atoms with Crippen molar-refractivity contribution in [3.63, 3.8) is 0 Å². The highest BCUT2D eigenvalue weighted by Crippen LogP contribution is 2.18. The maximum Gasteiger partial charge on any atom is 0.315 e. The monoisotopic (exact) mass is 455 g/mol. The van der Waals surface area contributed by atoms with Crippen LogP contribution in [0.2, 0.25) is 0 Å². The number of likely N-dealkylation sites (tertiary alicyclic amines) is 1. The molecule has 2 aliphatic rings. The van der Waals surface area contributed by atoms with Crippen molar-refractivity contribution < 1.29 is 9.59 Å². The molecule has 0 radical (unpaired) electrons. The summed E-state index contributed by atoms with van der Waals surface area (Å²) in [5, 5.41) is 6.19. The smallest absolute Gasteiger partial charge is 0.315 e. The molecule has 2 N–H and O–H groups in total. The van der Waals surface area contributed by atoms with E-state index < -0.39 is 0 Å². The first kappa shape index (κ1) is 18.5. The van der Waals surface area contributed by atoms with Gasteiger partial charge >= 0.3 is 6.03 Å². The Morgan fingerprint density at radius 3 is 2.24 bits per heavy atom. The molecule has 3 rings (SSSR count). The molecule has 3 amide bonds. The van der Waals surface area contributed by atoms with Crippen molar-refractivity contribution >= 4 is 34.5 Å². The van der Waals surface area contributed by atoms with Crippen LogP contribution in [0.15, 0.2) is 24.3 Å². The fourth-order valence-corrected chi connectivity index (χ4v) is 4.23. The van der Waals surface area contributed by atoms with Crippen LogP contribution in [0.5, 0.6) is 0 Å². The number of amides is 3. The van der Waals surface area contributed by atoms with Gasteiger partial charge in [0, 0.05) is 34.3 Å². The van der Waals surface area contributed by atoms with Crippen molar-refractivity contribution in [2.75, 3.05) is 13.1 Å². The van der Waals surface area contributed by atoms with E-state index in [0.29, 0.717) is 19.1 Å². The summed E-state index contributed by atoms with van der Waals surface area (Å²) in [5.74, 6) is 0.0867. The summed E-state index contributed by atoms with van der Waals surface area (Å²) >= 11 is 2.22. The number of rotatable bonds is 3. The van der Waals surface area contributed by atoms with Crippen molar-refractivity contribution in [1.82, 2.24) is 15.5 Å². The summed E-state index contributed by atoms with van der Waals surface area (Å²) in [4.78, 5) is 26.6. The Balaban J connectivity index is 1.43. The molecular weight excluding hydrogens is 429 g/mol. The molecular formula is C19H26IN3O2. The molecule has 6 heteroatoms. The molecule has 1 saturated heterocycles. The number of carbonyl (C=O) groups is 2. The molecule has 1 aliphatic heterocycles. The Labute approximate surface area is 163 Å². The average molecular weight is 455 g/mol. The molecule has 1 aromatic carbocycles. The van der Waals surface area contributed by atoms with Gasteiger partial charge in [0.15, 0.2) is 0 Å². The Morgan fingerprint density at radius 2 is 1.60 bits per heavy atom. The normalized spacial score (nSPS) is 19.5. The van der Waals surface area contributed by atoms with Gasteiger partial charge in [-0.25, -0.2) is 4.79 Å². The van der Waals surface area contributed by atoms with Gasteiger partial charge in [0.2, 0.25) is 0 Å². The quantitative estimate of drug-likeness (QED) is 0.686. The molecule has 0 unspecified atom stereocenters. The molecule has 25 heavy (non-hydrogen) atoms. The van der Waals surface area contributed by atoms with Gasteiger partial charge in [-0.2, -0.15) is 0 Å². The van der Waals surface area contributed by atoms with E-state index in [1.165, 1.54) is 19.3 Å². The van der Waals surface area contributed by atoms with E-state index in [-0.39, 0.29) is 18.0 Å². The van der Waals surface area contributed by atoms with Gasteiger partial charge in [-0.15, -0.1) is 0 Å². The summed E-state index contributed by atoms with van der Waals surface area (Å²) in [6.07, 6.45) is 7.52. The highest BCUT2D eigenvalue weighted by molar-refractivity contribution is 14.1. The van der Waals surface area contributed by atoms with E-state index in [0.717, 1.165) is 34.8 Å². The van der Waals surface area contributed by atoms with Gasteiger partial charge in [0.25, 0.3) is 5.91 Å². The lowest BCUT2D eigenvalue weighted by Gasteiger charge is -2.33. The van der Waals surface area contributed by atoms with E-state index in [2.05, 4.69) is 33.2 Å². The van der Waals surface area contributed by atoms with Crippen molar-refractivity contribution in [2.24, 2.45) is 0 Å². The standard InChI is InChI=1S/C19H26IN3O2/c20-15-6-4-5-14(13-15)18(24)23-11-9-17(10-12-23)22-19(25)21-16-7-2-1-3-8-16/h4-6,13,16-17H,1-3,7-12H2,(H2,21,22,25). The minimum Gasteiger partial charge on any atom is -0.338 e. The SMILES string of the molecule is O=C(NC1CCCCC1)NC1CCN(C(=O)c2cccc(I)c2)CC1. The summed E-state index contributed by atoms with van der Waals surface area (Å²) < 4.78 is 1.07. The van der Waals surface area contributed by atoms with Gasteiger partial charge in [0.1, 0.15) is 0 Å². The molecule has 1 saturated carbocycles. The third kappa shape index (κ3) is 5.33. The minimum atomic E-state index is -0.0470. The molecule has 136 valence electrons. The van der Waals surface area contributed by atoms with Crippen LogP contribution in [0.3, 0.4) is 0 Å². The number of hydrogen-bond donors (Lipinski definition) is 2. The molecule has 1 aromatic rings. The van der Waals surface area contributed by atoms with Crippen LogP contribution in [-0.4, -0.2) is 42.0 Å². The van der Waals surface area contributed by atoms with E-state index in [4.69, 9.17) is 0 Å². The van der Waals surface area contributed by atoms with Crippen LogP contribution in [0.25, 0.3) is 0 Å². The lowest BCUT2D eigenvalue weighted by Crippen LogP contribution is -2.51. The van der Waals surface area contributed by atoms with Crippen molar-refractivity contribution in [1.29, 1.82) is 0 Å². The molecule has 1 heterocycles. The number of nitrogens with one attached hydrogen (secondary N) is 2. The van der Waals surface area contributed by atoms with Crippen LogP contribution < -0.4 is 10.6 Å². The number of urea groups is 1. The summed E-state index contributed by atoms with van der Waals surface area (Å²) in [6, 6.07) is 8.13. The molecule has 0 spiro atoms. The topological polar surface area (TPSA) is 61.4 Å². The van der Waals surface area contributed by atoms with Gasteiger partial charge in [-0.05, 0) is 66.5 Å². The number of halogens is 1. The number of hydrogen-bond acceptors (Lipinski definition) is 2. The predicted octanol–water partition coefficient (Wildman–Crippen LogP) is 3.53. The number of benzene rings is 1. The highest BCUT2D eigenvalue weighted by atomic mass is 127. The summed E-state index contributed by atoms with van der Waals surface area (Å²) in [6.45, 7) is 1.39. The van der Waals surface area contributed by atoms with Gasteiger partial charge < -0.3 is 15.5 Å². The fraction of sp³-hybridized carbons (Fsp3) is 0.579. The van der Waals surface area contributed by atoms with E-state index in [1.807, 2.05) is 29.2 Å². The number of nitrogens with zero attached hydrogens (tertiary/aromatic N) is 1. The Bertz CT molecular complexity index is 608. The largest absolute Gasteiger partial charge is 0.338 e.